The minimum absolute atomic E-state index is 0.161. The lowest BCUT2D eigenvalue weighted by atomic mass is 10.1. The van der Waals surface area contributed by atoms with E-state index in [4.69, 9.17) is 4.98 Å². The molecule has 1 N–H and O–H groups in total. The van der Waals surface area contributed by atoms with Gasteiger partial charge in [-0.15, -0.1) is 0 Å². The number of hydrogen-bond acceptors (Lipinski definition) is 2. The summed E-state index contributed by atoms with van der Waals surface area (Å²) in [5, 5.41) is 3.17. The molecular weight excluding hydrogens is 274 g/mol. The first-order chi connectivity index (χ1) is 10.8. The number of H-pyrrole nitrogens is 1. The first kappa shape index (κ1) is 11.5. The Morgan fingerprint density at radius 3 is 2.50 bits per heavy atom. The normalized spacial score (nSPS) is 11.8. The Morgan fingerprint density at radius 2 is 1.64 bits per heavy atom. The lowest BCUT2D eigenvalue weighted by Crippen LogP contribution is -2.15. The smallest absolute Gasteiger partial charge is 0.306 e. The van der Waals surface area contributed by atoms with E-state index in [9.17, 15) is 4.79 Å². The van der Waals surface area contributed by atoms with Crippen molar-refractivity contribution in [1.29, 1.82) is 0 Å². The highest BCUT2D eigenvalue weighted by atomic mass is 16.1. The van der Waals surface area contributed by atoms with Crippen molar-refractivity contribution < 1.29 is 0 Å². The van der Waals surface area contributed by atoms with Crippen molar-refractivity contribution in [2.45, 2.75) is 0 Å². The van der Waals surface area contributed by atoms with Crippen molar-refractivity contribution in [2.24, 2.45) is 0 Å². The molecule has 0 saturated carbocycles. The van der Waals surface area contributed by atoms with Crippen LogP contribution in [0.3, 0.4) is 0 Å². The van der Waals surface area contributed by atoms with E-state index in [1.807, 2.05) is 54.6 Å². The van der Waals surface area contributed by atoms with Crippen LogP contribution in [0.25, 0.3) is 38.4 Å². The second kappa shape index (κ2) is 3.95. The maximum atomic E-state index is 12.5. The summed E-state index contributed by atoms with van der Waals surface area (Å²) in [4.78, 5) is 20.1. The van der Waals surface area contributed by atoms with E-state index in [-0.39, 0.29) is 5.69 Å². The predicted octanol–water partition coefficient (Wildman–Crippen LogP) is 3.48. The van der Waals surface area contributed by atoms with Gasteiger partial charge in [-0.1, -0.05) is 36.4 Å². The van der Waals surface area contributed by atoms with Crippen LogP contribution in [0.5, 0.6) is 0 Å². The maximum Gasteiger partial charge on any atom is 0.332 e. The average molecular weight is 285 g/mol. The zero-order chi connectivity index (χ0) is 14.7. The van der Waals surface area contributed by atoms with Gasteiger partial charge in [-0.3, -0.25) is 0 Å². The highest BCUT2D eigenvalue weighted by Gasteiger charge is 2.11. The highest BCUT2D eigenvalue weighted by molar-refractivity contribution is 6.00. The van der Waals surface area contributed by atoms with Gasteiger partial charge in [0, 0.05) is 5.39 Å². The minimum atomic E-state index is -0.161. The minimum Gasteiger partial charge on any atom is -0.306 e. The van der Waals surface area contributed by atoms with Gasteiger partial charge in [0.2, 0.25) is 0 Å². The molecule has 0 atom stereocenters. The number of nitrogens with one attached hydrogen (secondary N) is 1. The van der Waals surface area contributed by atoms with E-state index >= 15 is 0 Å². The summed E-state index contributed by atoms with van der Waals surface area (Å²) in [7, 11) is 0. The standard InChI is InChI=1S/C18H11N3O/c22-18-20-14-8-4-3-7-13(14)17-19-15-9-11-5-1-2-6-12(11)10-16(15)21(17)18/h1-10H,(H,20,22). The fourth-order valence-corrected chi connectivity index (χ4v) is 3.11. The zero-order valence-electron chi connectivity index (χ0n) is 11.6. The molecule has 0 aliphatic rings. The Morgan fingerprint density at radius 1 is 0.909 bits per heavy atom. The van der Waals surface area contributed by atoms with E-state index in [2.05, 4.69) is 11.1 Å². The van der Waals surface area contributed by atoms with E-state index in [0.29, 0.717) is 5.65 Å². The number of aromatic amines is 1. The van der Waals surface area contributed by atoms with Gasteiger partial charge in [-0.2, -0.15) is 0 Å². The van der Waals surface area contributed by atoms with Crippen LogP contribution in [-0.2, 0) is 0 Å². The molecule has 4 heteroatoms. The summed E-state index contributed by atoms with van der Waals surface area (Å²) in [6, 6.07) is 19.9. The molecule has 0 unspecified atom stereocenters. The number of imidazole rings is 1. The Kier molecular flexibility index (Phi) is 2.07. The third-order valence-electron chi connectivity index (χ3n) is 4.13. The number of para-hydroxylation sites is 1. The van der Waals surface area contributed by atoms with Crippen molar-refractivity contribution in [3.8, 4) is 0 Å². The molecular formula is C18H11N3O. The number of nitrogens with zero attached hydrogens (tertiary/aromatic N) is 2. The number of benzene rings is 3. The Bertz CT molecular complexity index is 1250. The second-order valence-corrected chi connectivity index (χ2v) is 5.43. The molecule has 0 aliphatic heterocycles. The molecule has 0 radical (unpaired) electrons. The Hall–Kier alpha value is -3.14. The van der Waals surface area contributed by atoms with Crippen LogP contribution in [0.1, 0.15) is 0 Å². The monoisotopic (exact) mass is 285 g/mol. The largest absolute Gasteiger partial charge is 0.332 e. The number of fused-ring (bicyclic) bond motifs is 6. The lowest BCUT2D eigenvalue weighted by Gasteiger charge is -2.01. The van der Waals surface area contributed by atoms with Crippen LogP contribution in [0, 0.1) is 0 Å². The summed E-state index contributed by atoms with van der Waals surface area (Å²) in [5.41, 5.74) is 3.01. The fraction of sp³-hybridized carbons (Fsp3) is 0. The fourth-order valence-electron chi connectivity index (χ4n) is 3.11. The van der Waals surface area contributed by atoms with Crippen LogP contribution < -0.4 is 5.69 Å². The third-order valence-corrected chi connectivity index (χ3v) is 4.13. The zero-order valence-corrected chi connectivity index (χ0v) is 11.6. The Labute approximate surface area is 124 Å². The summed E-state index contributed by atoms with van der Waals surface area (Å²) < 4.78 is 1.66. The van der Waals surface area contributed by atoms with Crippen LogP contribution >= 0.6 is 0 Å². The van der Waals surface area contributed by atoms with Gasteiger partial charge in [0.25, 0.3) is 0 Å². The maximum absolute atomic E-state index is 12.5. The molecule has 2 aromatic heterocycles. The molecule has 22 heavy (non-hydrogen) atoms. The molecule has 0 fully saturated rings. The van der Waals surface area contributed by atoms with Crippen molar-refractivity contribution in [2.75, 3.05) is 0 Å². The highest BCUT2D eigenvalue weighted by Crippen LogP contribution is 2.25. The number of hydrogen-bond donors (Lipinski definition) is 1. The van der Waals surface area contributed by atoms with Crippen molar-refractivity contribution in [3.63, 3.8) is 0 Å². The first-order valence-corrected chi connectivity index (χ1v) is 7.13. The van der Waals surface area contributed by atoms with Gasteiger partial charge < -0.3 is 4.98 Å². The van der Waals surface area contributed by atoms with Gasteiger partial charge >= 0.3 is 5.69 Å². The molecule has 0 amide bonds. The van der Waals surface area contributed by atoms with Gasteiger partial charge in [-0.25, -0.2) is 14.2 Å². The molecule has 4 nitrogen and oxygen atoms in total. The van der Waals surface area contributed by atoms with Crippen molar-refractivity contribution >= 4 is 38.4 Å². The number of aromatic nitrogens is 3. The van der Waals surface area contributed by atoms with Gasteiger partial charge in [-0.05, 0) is 35.0 Å². The van der Waals surface area contributed by atoms with Crippen LogP contribution in [0.2, 0.25) is 0 Å². The first-order valence-electron chi connectivity index (χ1n) is 7.13. The van der Waals surface area contributed by atoms with Crippen molar-refractivity contribution in [1.82, 2.24) is 14.4 Å². The van der Waals surface area contributed by atoms with Gasteiger partial charge in [0.15, 0.2) is 5.65 Å². The third kappa shape index (κ3) is 1.41. The lowest BCUT2D eigenvalue weighted by molar-refractivity contribution is 1.06. The molecule has 5 rings (SSSR count). The summed E-state index contributed by atoms with van der Waals surface area (Å²) in [6.45, 7) is 0. The quantitative estimate of drug-likeness (QED) is 0.473. The summed E-state index contributed by atoms with van der Waals surface area (Å²) >= 11 is 0. The average Bonchev–Trinajstić information content (AvgIpc) is 2.92. The van der Waals surface area contributed by atoms with E-state index < -0.39 is 0 Å². The predicted molar refractivity (Wildman–Crippen MR) is 88.3 cm³/mol. The second-order valence-electron chi connectivity index (χ2n) is 5.43. The van der Waals surface area contributed by atoms with Crippen LogP contribution in [0.4, 0.5) is 0 Å². The van der Waals surface area contributed by atoms with Crippen molar-refractivity contribution in [3.05, 3.63) is 71.1 Å². The van der Waals surface area contributed by atoms with E-state index in [1.54, 1.807) is 4.40 Å². The molecule has 0 bridgehead atoms. The van der Waals surface area contributed by atoms with Crippen LogP contribution in [-0.4, -0.2) is 14.4 Å². The molecule has 0 aliphatic carbocycles. The molecule has 0 saturated heterocycles. The summed E-state index contributed by atoms with van der Waals surface area (Å²) in [6.07, 6.45) is 0. The summed E-state index contributed by atoms with van der Waals surface area (Å²) in [5.74, 6) is 0. The molecule has 104 valence electrons. The van der Waals surface area contributed by atoms with E-state index in [1.165, 1.54) is 0 Å². The molecule has 3 aromatic carbocycles. The SMILES string of the molecule is O=c1[nH]c2ccccc2c2nc3cc4ccccc4cc3n12. The number of rotatable bonds is 0. The van der Waals surface area contributed by atoms with E-state index in [0.717, 1.165) is 32.7 Å². The molecule has 5 aromatic rings. The van der Waals surface area contributed by atoms with Gasteiger partial charge in [0.1, 0.15) is 0 Å². The molecule has 0 spiro atoms. The Balaban J connectivity index is 2.10. The topological polar surface area (TPSA) is 50.2 Å². The van der Waals surface area contributed by atoms with Gasteiger partial charge in [0.05, 0.1) is 16.6 Å². The van der Waals surface area contributed by atoms with Crippen LogP contribution in [0.15, 0.2) is 65.5 Å². The molecule has 2 heterocycles.